The molecule has 0 radical (unpaired) electrons. The summed E-state index contributed by atoms with van der Waals surface area (Å²) >= 11 is 3.37. The van der Waals surface area contributed by atoms with Gasteiger partial charge in [-0.25, -0.2) is 0 Å². The van der Waals surface area contributed by atoms with Crippen molar-refractivity contribution in [2.24, 2.45) is 0 Å². The normalized spacial score (nSPS) is 11.3. The lowest BCUT2D eigenvalue weighted by atomic mass is 9.87. The van der Waals surface area contributed by atoms with Gasteiger partial charge in [0.15, 0.2) is 5.78 Å². The van der Waals surface area contributed by atoms with Crippen LogP contribution in [0.2, 0.25) is 0 Å². The molecule has 0 atom stereocenters. The second-order valence-electron chi connectivity index (χ2n) is 6.07. The zero-order chi connectivity index (χ0) is 15.6. The molecule has 0 aliphatic rings. The number of ketones is 1. The second kappa shape index (κ2) is 6.02. The van der Waals surface area contributed by atoms with E-state index in [4.69, 9.17) is 4.74 Å². The van der Waals surface area contributed by atoms with E-state index in [0.29, 0.717) is 11.3 Å². The minimum absolute atomic E-state index is 0.0161. The van der Waals surface area contributed by atoms with E-state index in [-0.39, 0.29) is 11.2 Å². The van der Waals surface area contributed by atoms with Crippen molar-refractivity contribution < 1.29 is 9.53 Å². The minimum atomic E-state index is -0.0161. The average Bonchev–Trinajstić information content (AvgIpc) is 2.40. The third kappa shape index (κ3) is 3.94. The first kappa shape index (κ1) is 15.8. The maximum atomic E-state index is 11.7. The Bertz CT molecular complexity index is 652. The Hall–Kier alpha value is -1.61. The molecule has 0 aromatic heterocycles. The molecule has 0 aliphatic carbocycles. The molecule has 2 aromatic carbocycles. The van der Waals surface area contributed by atoms with E-state index >= 15 is 0 Å². The number of ether oxygens (including phenoxy) is 1. The Balaban J connectivity index is 2.28. The highest BCUT2D eigenvalue weighted by Crippen LogP contribution is 2.30. The van der Waals surface area contributed by atoms with Crippen molar-refractivity contribution in [3.63, 3.8) is 0 Å². The van der Waals surface area contributed by atoms with E-state index in [1.54, 1.807) is 12.1 Å². The summed E-state index contributed by atoms with van der Waals surface area (Å²) in [6.07, 6.45) is 0. The van der Waals surface area contributed by atoms with Crippen LogP contribution in [0, 0.1) is 0 Å². The summed E-state index contributed by atoms with van der Waals surface area (Å²) < 4.78 is 6.72. The number of carbonyl (C=O) groups excluding carboxylic acids is 1. The Kier molecular flexibility index (Phi) is 4.52. The number of benzene rings is 2. The largest absolute Gasteiger partial charge is 0.457 e. The van der Waals surface area contributed by atoms with Crippen molar-refractivity contribution >= 4 is 21.7 Å². The van der Waals surface area contributed by atoms with Gasteiger partial charge in [-0.15, -0.1) is 0 Å². The van der Waals surface area contributed by atoms with Crippen LogP contribution in [0.3, 0.4) is 0 Å². The summed E-state index contributed by atoms with van der Waals surface area (Å²) in [6.45, 7) is 8.06. The molecule has 0 saturated heterocycles. The lowest BCUT2D eigenvalue weighted by Crippen LogP contribution is -2.10. The lowest BCUT2D eigenvalue weighted by Gasteiger charge is -2.19. The highest BCUT2D eigenvalue weighted by atomic mass is 79.9. The van der Waals surface area contributed by atoms with Crippen LogP contribution in [0.25, 0.3) is 0 Å². The first-order valence-corrected chi connectivity index (χ1v) is 7.65. The van der Waals surface area contributed by atoms with Gasteiger partial charge in [-0.1, -0.05) is 48.8 Å². The first-order chi connectivity index (χ1) is 9.77. The fourth-order valence-corrected chi connectivity index (χ4v) is 2.38. The van der Waals surface area contributed by atoms with Crippen LogP contribution in [0.15, 0.2) is 46.9 Å². The van der Waals surface area contributed by atoms with Crippen molar-refractivity contribution in [3.8, 4) is 11.5 Å². The Morgan fingerprint density at radius 2 is 1.67 bits per heavy atom. The van der Waals surface area contributed by atoms with Gasteiger partial charge in [0.2, 0.25) is 0 Å². The van der Waals surface area contributed by atoms with Gasteiger partial charge in [-0.2, -0.15) is 0 Å². The molecule has 0 fully saturated rings. The molecule has 0 amide bonds. The predicted octanol–water partition coefficient (Wildman–Crippen LogP) is 5.74. The average molecular weight is 347 g/mol. The molecule has 2 aromatic rings. The predicted molar refractivity (Wildman–Crippen MR) is 89.4 cm³/mol. The van der Waals surface area contributed by atoms with E-state index in [1.165, 1.54) is 12.5 Å². The van der Waals surface area contributed by atoms with E-state index in [1.807, 2.05) is 18.2 Å². The van der Waals surface area contributed by atoms with E-state index in [9.17, 15) is 4.79 Å². The Morgan fingerprint density at radius 1 is 1.05 bits per heavy atom. The Morgan fingerprint density at radius 3 is 2.19 bits per heavy atom. The molecule has 0 aliphatic heterocycles. The molecule has 0 heterocycles. The quantitative estimate of drug-likeness (QED) is 0.662. The molecule has 110 valence electrons. The van der Waals surface area contributed by atoms with Gasteiger partial charge in [0.25, 0.3) is 0 Å². The van der Waals surface area contributed by atoms with E-state index in [2.05, 4.69) is 48.8 Å². The molecule has 0 unspecified atom stereocenters. The monoisotopic (exact) mass is 346 g/mol. The van der Waals surface area contributed by atoms with Gasteiger partial charge in [-0.05, 0) is 48.2 Å². The molecular formula is C18H19BrO2. The molecule has 2 rings (SSSR count). The Labute approximate surface area is 134 Å². The van der Waals surface area contributed by atoms with Gasteiger partial charge < -0.3 is 4.74 Å². The first-order valence-electron chi connectivity index (χ1n) is 6.86. The number of carbonyl (C=O) groups is 1. The standard InChI is InChI=1S/C18H19BrO2/c1-12(20)16-11-14(19)7-10-17(16)21-15-8-5-13(6-9-15)18(2,3)4/h5-11H,1-4H3. The summed E-state index contributed by atoms with van der Waals surface area (Å²) in [5.74, 6) is 1.29. The number of Topliss-reactive ketones (excluding diaryl/α,β-unsaturated/α-hetero) is 1. The third-order valence-electron chi connectivity index (χ3n) is 3.27. The van der Waals surface area contributed by atoms with Crippen LogP contribution in [0.4, 0.5) is 0 Å². The number of rotatable bonds is 3. The van der Waals surface area contributed by atoms with Crippen LogP contribution >= 0.6 is 15.9 Å². The molecule has 0 bridgehead atoms. The third-order valence-corrected chi connectivity index (χ3v) is 3.76. The van der Waals surface area contributed by atoms with E-state index < -0.39 is 0 Å². The zero-order valence-electron chi connectivity index (χ0n) is 12.7. The number of hydrogen-bond donors (Lipinski definition) is 0. The molecule has 2 nitrogen and oxygen atoms in total. The molecular weight excluding hydrogens is 328 g/mol. The van der Waals surface area contributed by atoms with Gasteiger partial charge >= 0.3 is 0 Å². The summed E-state index contributed by atoms with van der Waals surface area (Å²) in [5.41, 5.74) is 1.93. The SMILES string of the molecule is CC(=O)c1cc(Br)ccc1Oc1ccc(C(C)(C)C)cc1. The van der Waals surface area contributed by atoms with Crippen molar-refractivity contribution in [3.05, 3.63) is 58.1 Å². The van der Waals surface area contributed by atoms with Crippen LogP contribution in [0.1, 0.15) is 43.6 Å². The summed E-state index contributed by atoms with van der Waals surface area (Å²) in [6, 6.07) is 13.4. The topological polar surface area (TPSA) is 26.3 Å². The zero-order valence-corrected chi connectivity index (χ0v) is 14.3. The van der Waals surface area contributed by atoms with Gasteiger partial charge in [0, 0.05) is 4.47 Å². The second-order valence-corrected chi connectivity index (χ2v) is 6.99. The van der Waals surface area contributed by atoms with Gasteiger partial charge in [0.05, 0.1) is 5.56 Å². The summed E-state index contributed by atoms with van der Waals surface area (Å²) in [5, 5.41) is 0. The van der Waals surface area contributed by atoms with Crippen LogP contribution in [-0.4, -0.2) is 5.78 Å². The highest BCUT2D eigenvalue weighted by Gasteiger charge is 2.14. The minimum Gasteiger partial charge on any atom is -0.457 e. The maximum Gasteiger partial charge on any atom is 0.163 e. The van der Waals surface area contributed by atoms with Crippen LogP contribution in [0.5, 0.6) is 11.5 Å². The molecule has 21 heavy (non-hydrogen) atoms. The number of halogens is 1. The maximum absolute atomic E-state index is 11.7. The van der Waals surface area contributed by atoms with Crippen molar-refractivity contribution in [1.82, 2.24) is 0 Å². The smallest absolute Gasteiger partial charge is 0.163 e. The molecule has 3 heteroatoms. The molecule has 0 saturated carbocycles. The fourth-order valence-electron chi connectivity index (χ4n) is 2.02. The van der Waals surface area contributed by atoms with Crippen molar-refractivity contribution in [2.75, 3.05) is 0 Å². The van der Waals surface area contributed by atoms with Crippen LogP contribution < -0.4 is 4.74 Å². The fraction of sp³-hybridized carbons (Fsp3) is 0.278. The van der Waals surface area contributed by atoms with Crippen molar-refractivity contribution in [2.45, 2.75) is 33.1 Å². The lowest BCUT2D eigenvalue weighted by molar-refractivity contribution is 0.101. The summed E-state index contributed by atoms with van der Waals surface area (Å²) in [7, 11) is 0. The van der Waals surface area contributed by atoms with Crippen molar-refractivity contribution in [1.29, 1.82) is 0 Å². The highest BCUT2D eigenvalue weighted by molar-refractivity contribution is 9.10. The van der Waals surface area contributed by atoms with Gasteiger partial charge in [-0.3, -0.25) is 4.79 Å². The van der Waals surface area contributed by atoms with E-state index in [0.717, 1.165) is 10.2 Å². The summed E-state index contributed by atoms with van der Waals surface area (Å²) in [4.78, 5) is 11.7. The van der Waals surface area contributed by atoms with Gasteiger partial charge in [0.1, 0.15) is 11.5 Å². The number of hydrogen-bond acceptors (Lipinski definition) is 2. The van der Waals surface area contributed by atoms with Crippen LogP contribution in [-0.2, 0) is 5.41 Å². The molecule has 0 N–H and O–H groups in total. The molecule has 0 spiro atoms.